The second-order valence-corrected chi connectivity index (χ2v) is 5.55. The van der Waals surface area contributed by atoms with Crippen LogP contribution in [0.1, 0.15) is 9.67 Å². The zero-order chi connectivity index (χ0) is 11.8. The Labute approximate surface area is 105 Å². The van der Waals surface area contributed by atoms with E-state index in [4.69, 9.17) is 0 Å². The molecule has 0 fully saturated rings. The van der Waals surface area contributed by atoms with Crippen molar-refractivity contribution in [1.82, 2.24) is 4.98 Å². The lowest BCUT2D eigenvalue weighted by molar-refractivity contribution is -0.254. The molecule has 0 unspecified atom stereocenters. The number of carbonyl (C=O) groups excluding carboxylic acids is 1. The maximum absolute atomic E-state index is 10.7. The molecule has 1 aromatic carbocycles. The van der Waals surface area contributed by atoms with E-state index >= 15 is 0 Å². The molecule has 0 radical (unpaired) electrons. The number of hydrogen-bond acceptors (Lipinski definition) is 5. The minimum Gasteiger partial charge on any atom is -0.544 e. The first-order valence-corrected chi connectivity index (χ1v) is 6.54. The molecule has 0 aliphatic carbocycles. The molecule has 3 nitrogen and oxygen atoms in total. The number of carboxylic acid groups (broad SMARTS) is 1. The zero-order valence-corrected chi connectivity index (χ0v) is 10.2. The van der Waals surface area contributed by atoms with Gasteiger partial charge in [-0.2, -0.15) is 0 Å². The van der Waals surface area contributed by atoms with Crippen molar-refractivity contribution in [2.45, 2.75) is 0 Å². The Kier molecular flexibility index (Phi) is 2.42. The summed E-state index contributed by atoms with van der Waals surface area (Å²) in [6.45, 7) is 0. The number of nitrogens with zero attached hydrogens (tertiary/aromatic N) is 1. The van der Waals surface area contributed by atoms with Crippen LogP contribution in [-0.4, -0.2) is 11.0 Å². The van der Waals surface area contributed by atoms with Crippen molar-refractivity contribution in [3.05, 3.63) is 41.3 Å². The van der Waals surface area contributed by atoms with E-state index in [0.717, 1.165) is 20.1 Å². The van der Waals surface area contributed by atoms with Gasteiger partial charge < -0.3 is 9.90 Å². The van der Waals surface area contributed by atoms with Crippen LogP contribution in [0.25, 0.3) is 20.1 Å². The Bertz CT molecular complexity index is 666. The molecule has 0 saturated carbocycles. The third-order valence-electron chi connectivity index (χ3n) is 2.31. The first kappa shape index (κ1) is 10.4. The third-order valence-corrected chi connectivity index (χ3v) is 4.58. The van der Waals surface area contributed by atoms with Crippen LogP contribution >= 0.6 is 22.7 Å². The fourth-order valence-electron chi connectivity index (χ4n) is 1.54. The fourth-order valence-corrected chi connectivity index (χ4v) is 3.40. The van der Waals surface area contributed by atoms with Gasteiger partial charge in [0.15, 0.2) is 0 Å². The number of aromatic nitrogens is 1. The van der Waals surface area contributed by atoms with Crippen molar-refractivity contribution in [3.63, 3.8) is 0 Å². The van der Waals surface area contributed by atoms with Gasteiger partial charge in [0.25, 0.3) is 0 Å². The number of carbonyl (C=O) groups is 1. The number of benzene rings is 1. The van der Waals surface area contributed by atoms with Crippen LogP contribution in [0.2, 0.25) is 0 Å². The summed E-state index contributed by atoms with van der Waals surface area (Å²) in [6, 6.07) is 11.2. The fraction of sp³-hybridized carbons (Fsp3) is 0. The highest BCUT2D eigenvalue weighted by Gasteiger charge is 2.08. The molecule has 0 aliphatic rings. The van der Waals surface area contributed by atoms with Crippen molar-refractivity contribution >= 4 is 38.9 Å². The lowest BCUT2D eigenvalue weighted by atomic mass is 10.3. The Morgan fingerprint density at radius 3 is 2.65 bits per heavy atom. The molecule has 17 heavy (non-hydrogen) atoms. The average molecular weight is 260 g/mol. The zero-order valence-electron chi connectivity index (χ0n) is 8.54. The molecule has 0 atom stereocenters. The van der Waals surface area contributed by atoms with Crippen molar-refractivity contribution in [2.24, 2.45) is 0 Å². The number of aromatic carboxylic acids is 1. The molecule has 84 valence electrons. The van der Waals surface area contributed by atoms with Crippen LogP contribution in [0.3, 0.4) is 0 Å². The van der Waals surface area contributed by atoms with Gasteiger partial charge in [0.05, 0.1) is 25.9 Å². The van der Waals surface area contributed by atoms with Crippen molar-refractivity contribution in [3.8, 4) is 9.88 Å². The number of para-hydroxylation sites is 1. The molecule has 2 aromatic heterocycles. The van der Waals surface area contributed by atoms with Crippen LogP contribution in [-0.2, 0) is 0 Å². The smallest absolute Gasteiger partial charge is 0.134 e. The lowest BCUT2D eigenvalue weighted by Crippen LogP contribution is -2.20. The van der Waals surface area contributed by atoms with E-state index in [9.17, 15) is 9.90 Å². The van der Waals surface area contributed by atoms with Gasteiger partial charge in [0, 0.05) is 0 Å². The molecule has 3 rings (SSSR count). The van der Waals surface area contributed by atoms with Crippen molar-refractivity contribution in [1.29, 1.82) is 0 Å². The van der Waals surface area contributed by atoms with Crippen LogP contribution in [0.4, 0.5) is 0 Å². The van der Waals surface area contributed by atoms with E-state index in [1.165, 1.54) is 11.3 Å². The average Bonchev–Trinajstić information content (AvgIpc) is 2.95. The topological polar surface area (TPSA) is 53.0 Å². The number of fused-ring (bicyclic) bond motifs is 1. The number of carboxylic acids is 1. The summed E-state index contributed by atoms with van der Waals surface area (Å²) in [6.07, 6.45) is 0. The first-order valence-electron chi connectivity index (χ1n) is 4.91. The minimum absolute atomic E-state index is 0.235. The van der Waals surface area contributed by atoms with Gasteiger partial charge in [0.1, 0.15) is 5.01 Å². The Morgan fingerprint density at radius 2 is 1.94 bits per heavy atom. The summed E-state index contributed by atoms with van der Waals surface area (Å²) < 4.78 is 1.10. The summed E-state index contributed by atoms with van der Waals surface area (Å²) in [7, 11) is 0. The summed E-state index contributed by atoms with van der Waals surface area (Å²) in [5.74, 6) is -1.14. The van der Waals surface area contributed by atoms with E-state index in [0.29, 0.717) is 0 Å². The molecular weight excluding hydrogens is 254 g/mol. The quantitative estimate of drug-likeness (QED) is 0.711. The highest BCUT2D eigenvalue weighted by Crippen LogP contribution is 2.34. The SMILES string of the molecule is O=C([O-])c1ccc(-c2nc3ccccc3s2)s1. The van der Waals surface area contributed by atoms with Crippen molar-refractivity contribution < 1.29 is 9.90 Å². The number of hydrogen-bond donors (Lipinski definition) is 0. The third kappa shape index (κ3) is 1.83. The predicted molar refractivity (Wildman–Crippen MR) is 67.3 cm³/mol. The van der Waals surface area contributed by atoms with Crippen LogP contribution in [0.5, 0.6) is 0 Å². The molecule has 0 N–H and O–H groups in total. The van der Waals surface area contributed by atoms with Crippen LogP contribution in [0.15, 0.2) is 36.4 Å². The maximum Gasteiger partial charge on any atom is 0.134 e. The summed E-state index contributed by atoms with van der Waals surface area (Å²) in [5.41, 5.74) is 0.941. The van der Waals surface area contributed by atoms with Gasteiger partial charge in [-0.1, -0.05) is 12.1 Å². The van der Waals surface area contributed by atoms with Gasteiger partial charge in [-0.15, -0.1) is 22.7 Å². The van der Waals surface area contributed by atoms with Gasteiger partial charge in [0.2, 0.25) is 0 Å². The molecule has 0 bridgehead atoms. The number of thiophene rings is 1. The Morgan fingerprint density at radius 1 is 1.12 bits per heavy atom. The summed E-state index contributed by atoms with van der Waals surface area (Å²) >= 11 is 2.76. The van der Waals surface area contributed by atoms with Crippen LogP contribution in [0, 0.1) is 0 Å². The number of rotatable bonds is 2. The van der Waals surface area contributed by atoms with E-state index < -0.39 is 5.97 Å². The van der Waals surface area contributed by atoms with Gasteiger partial charge in [-0.3, -0.25) is 0 Å². The molecule has 0 saturated heterocycles. The predicted octanol–water partition coefficient (Wildman–Crippen LogP) is 2.39. The molecule has 3 aromatic rings. The summed E-state index contributed by atoms with van der Waals surface area (Å²) in [4.78, 5) is 16.3. The van der Waals surface area contributed by atoms with Crippen LogP contribution < -0.4 is 5.11 Å². The Hall–Kier alpha value is -1.72. The highest BCUT2D eigenvalue weighted by molar-refractivity contribution is 7.26. The van der Waals surface area contributed by atoms with Gasteiger partial charge in [-0.25, -0.2) is 4.98 Å². The molecule has 5 heteroatoms. The molecule has 0 aliphatic heterocycles. The van der Waals surface area contributed by atoms with E-state index in [1.807, 2.05) is 24.3 Å². The standard InChI is InChI=1S/C12H7NO2S2/c14-12(15)10-6-5-9(16-10)11-13-7-3-1-2-4-8(7)17-11/h1-6H,(H,14,15)/p-1. The second kappa shape index (κ2) is 3.94. The van der Waals surface area contributed by atoms with Gasteiger partial charge in [-0.05, 0) is 24.3 Å². The maximum atomic E-state index is 10.7. The largest absolute Gasteiger partial charge is 0.544 e. The first-order chi connectivity index (χ1) is 8.24. The molecular formula is C12H6NO2S2-. The lowest BCUT2D eigenvalue weighted by Gasteiger charge is -1.93. The van der Waals surface area contributed by atoms with E-state index in [2.05, 4.69) is 4.98 Å². The highest BCUT2D eigenvalue weighted by atomic mass is 32.1. The molecule has 0 spiro atoms. The second-order valence-electron chi connectivity index (χ2n) is 3.44. The van der Waals surface area contributed by atoms with Gasteiger partial charge >= 0.3 is 0 Å². The van der Waals surface area contributed by atoms with E-state index in [-0.39, 0.29) is 4.88 Å². The minimum atomic E-state index is -1.14. The van der Waals surface area contributed by atoms with Crippen molar-refractivity contribution in [2.75, 3.05) is 0 Å². The number of thiazole rings is 1. The summed E-state index contributed by atoms with van der Waals surface area (Å²) in [5, 5.41) is 11.6. The normalized spacial score (nSPS) is 10.8. The molecule has 0 amide bonds. The van der Waals surface area contributed by atoms with E-state index in [1.54, 1.807) is 23.5 Å². The monoisotopic (exact) mass is 260 g/mol. The Balaban J connectivity index is 2.10. The molecule has 2 heterocycles.